The summed E-state index contributed by atoms with van der Waals surface area (Å²) in [5.74, 6) is 0.765. The summed E-state index contributed by atoms with van der Waals surface area (Å²) in [7, 11) is 0. The topological polar surface area (TPSA) is 53.9 Å². The molecule has 5 nitrogen and oxygen atoms in total. The molecule has 3 heterocycles. The van der Waals surface area contributed by atoms with Crippen LogP contribution in [-0.2, 0) is 0 Å². The molecule has 0 aliphatic carbocycles. The third-order valence-electron chi connectivity index (χ3n) is 4.37. The molecule has 0 unspecified atom stereocenters. The lowest BCUT2D eigenvalue weighted by atomic mass is 10.0. The Morgan fingerprint density at radius 3 is 2.67 bits per heavy atom. The number of benzene rings is 1. The van der Waals surface area contributed by atoms with Crippen molar-refractivity contribution in [1.82, 2.24) is 19.9 Å². The van der Waals surface area contributed by atoms with Crippen LogP contribution in [0.15, 0.2) is 48.9 Å². The van der Waals surface area contributed by atoms with Gasteiger partial charge in [0.2, 0.25) is 0 Å². The first kappa shape index (κ1) is 15.3. The molecule has 0 saturated carbocycles. The molecule has 24 heavy (non-hydrogen) atoms. The van der Waals surface area contributed by atoms with E-state index in [1.54, 1.807) is 12.5 Å². The van der Waals surface area contributed by atoms with Gasteiger partial charge in [-0.3, -0.25) is 4.98 Å². The Hall–Kier alpha value is -2.24. The Morgan fingerprint density at radius 2 is 1.92 bits per heavy atom. The van der Waals surface area contributed by atoms with Crippen LogP contribution in [0, 0.1) is 0 Å². The fraction of sp³-hybridized carbons (Fsp3) is 0.278. The van der Waals surface area contributed by atoms with Gasteiger partial charge in [-0.2, -0.15) is 0 Å². The number of rotatable bonds is 5. The Bertz CT molecular complexity index is 827. The minimum atomic E-state index is 0.127. The zero-order chi connectivity index (χ0) is 16.4. The highest BCUT2D eigenvalue weighted by Crippen LogP contribution is 2.25. The van der Waals surface area contributed by atoms with E-state index in [0.717, 1.165) is 41.5 Å². The largest absolute Gasteiger partial charge is 0.360 e. The van der Waals surface area contributed by atoms with Crippen molar-refractivity contribution in [3.8, 4) is 0 Å². The predicted molar refractivity (Wildman–Crippen MR) is 96.2 cm³/mol. The molecule has 1 atom stereocenters. The zero-order valence-electron chi connectivity index (χ0n) is 13.2. The average molecular weight is 340 g/mol. The number of nitrogens with zero attached hydrogens (tertiary/aromatic N) is 4. The maximum Gasteiger partial charge on any atom is 0.156 e. The van der Waals surface area contributed by atoms with Gasteiger partial charge in [0.25, 0.3) is 0 Å². The molecular formula is C18H18ClN5. The van der Waals surface area contributed by atoms with Crippen molar-refractivity contribution in [1.29, 1.82) is 0 Å². The molecule has 1 saturated heterocycles. The number of likely N-dealkylation sites (tertiary alicyclic amines) is 1. The van der Waals surface area contributed by atoms with E-state index < -0.39 is 0 Å². The van der Waals surface area contributed by atoms with E-state index in [-0.39, 0.29) is 6.04 Å². The molecule has 0 radical (unpaired) electrons. The highest BCUT2D eigenvalue weighted by molar-refractivity contribution is 6.30. The SMILES string of the molecule is Clc1ccc([C@@H](CN2CCC2)Nc2ncnc3cccnc23)cc1. The van der Waals surface area contributed by atoms with Crippen molar-refractivity contribution in [2.75, 3.05) is 25.0 Å². The van der Waals surface area contributed by atoms with Gasteiger partial charge < -0.3 is 10.2 Å². The molecule has 3 aromatic rings. The number of hydrogen-bond donors (Lipinski definition) is 1. The Labute approximate surface area is 145 Å². The molecule has 122 valence electrons. The first-order chi connectivity index (χ1) is 11.8. The zero-order valence-corrected chi connectivity index (χ0v) is 13.9. The molecule has 0 amide bonds. The fourth-order valence-corrected chi connectivity index (χ4v) is 3.04. The Kier molecular flexibility index (Phi) is 4.28. The number of aromatic nitrogens is 3. The maximum absolute atomic E-state index is 6.04. The number of anilines is 1. The number of halogens is 1. The first-order valence-corrected chi connectivity index (χ1v) is 8.47. The van der Waals surface area contributed by atoms with Gasteiger partial charge in [0.15, 0.2) is 5.82 Å². The highest BCUT2D eigenvalue weighted by Gasteiger charge is 2.21. The second-order valence-electron chi connectivity index (χ2n) is 6.00. The normalized spacial score (nSPS) is 15.9. The van der Waals surface area contributed by atoms with Gasteiger partial charge in [-0.05, 0) is 49.3 Å². The van der Waals surface area contributed by atoms with Gasteiger partial charge in [0.05, 0.1) is 11.6 Å². The molecule has 1 N–H and O–H groups in total. The lowest BCUT2D eigenvalue weighted by Gasteiger charge is -2.34. The number of pyridine rings is 1. The summed E-state index contributed by atoms with van der Waals surface area (Å²) in [5.41, 5.74) is 2.82. The Morgan fingerprint density at radius 1 is 1.08 bits per heavy atom. The van der Waals surface area contributed by atoms with Crippen LogP contribution < -0.4 is 5.32 Å². The minimum absolute atomic E-state index is 0.127. The van der Waals surface area contributed by atoms with Crippen LogP contribution in [-0.4, -0.2) is 39.5 Å². The van der Waals surface area contributed by atoms with Gasteiger partial charge in [-0.25, -0.2) is 9.97 Å². The van der Waals surface area contributed by atoms with Gasteiger partial charge in [-0.1, -0.05) is 23.7 Å². The standard InChI is InChI=1S/C18H18ClN5/c19-14-6-4-13(5-7-14)16(11-24-9-2-10-24)23-18-17-15(21-12-22-18)3-1-8-20-17/h1,3-8,12,16H,2,9-11H2,(H,21,22,23)/t16-/m1/s1. The van der Waals surface area contributed by atoms with E-state index in [0.29, 0.717) is 0 Å². The van der Waals surface area contributed by atoms with E-state index in [1.165, 1.54) is 12.0 Å². The predicted octanol–water partition coefficient (Wildman–Crippen LogP) is 3.54. The van der Waals surface area contributed by atoms with Gasteiger partial charge >= 0.3 is 0 Å². The number of hydrogen-bond acceptors (Lipinski definition) is 5. The van der Waals surface area contributed by atoms with Crippen molar-refractivity contribution >= 4 is 28.5 Å². The van der Waals surface area contributed by atoms with E-state index in [9.17, 15) is 0 Å². The molecule has 6 heteroatoms. The summed E-state index contributed by atoms with van der Waals surface area (Å²) in [6, 6.07) is 11.9. The van der Waals surface area contributed by atoms with E-state index in [2.05, 4.69) is 37.3 Å². The van der Waals surface area contributed by atoms with E-state index in [4.69, 9.17) is 11.6 Å². The van der Waals surface area contributed by atoms with Crippen molar-refractivity contribution < 1.29 is 0 Å². The summed E-state index contributed by atoms with van der Waals surface area (Å²) in [6.45, 7) is 3.23. The smallest absolute Gasteiger partial charge is 0.156 e. The highest BCUT2D eigenvalue weighted by atomic mass is 35.5. The molecule has 1 aliphatic rings. The summed E-state index contributed by atoms with van der Waals surface area (Å²) in [5, 5.41) is 4.30. The monoisotopic (exact) mass is 339 g/mol. The average Bonchev–Trinajstić information content (AvgIpc) is 2.58. The van der Waals surface area contributed by atoms with Gasteiger partial charge in [-0.15, -0.1) is 0 Å². The summed E-state index contributed by atoms with van der Waals surface area (Å²) in [6.07, 6.45) is 4.61. The third-order valence-corrected chi connectivity index (χ3v) is 4.62. The third kappa shape index (κ3) is 3.18. The number of nitrogens with one attached hydrogen (secondary N) is 1. The minimum Gasteiger partial charge on any atom is -0.360 e. The molecule has 1 fully saturated rings. The van der Waals surface area contributed by atoms with Crippen molar-refractivity contribution in [3.05, 3.63) is 59.5 Å². The molecule has 0 bridgehead atoms. The number of fused-ring (bicyclic) bond motifs is 1. The van der Waals surface area contributed by atoms with Crippen LogP contribution in [0.2, 0.25) is 5.02 Å². The second-order valence-corrected chi connectivity index (χ2v) is 6.43. The second kappa shape index (κ2) is 6.71. The van der Waals surface area contributed by atoms with Crippen molar-refractivity contribution in [2.24, 2.45) is 0 Å². The fourth-order valence-electron chi connectivity index (χ4n) is 2.92. The van der Waals surface area contributed by atoms with Crippen LogP contribution in [0.25, 0.3) is 11.0 Å². The van der Waals surface area contributed by atoms with E-state index in [1.807, 2.05) is 24.3 Å². The van der Waals surface area contributed by atoms with Crippen LogP contribution in [0.4, 0.5) is 5.82 Å². The van der Waals surface area contributed by atoms with Crippen LogP contribution >= 0.6 is 11.6 Å². The van der Waals surface area contributed by atoms with Crippen LogP contribution in [0.5, 0.6) is 0 Å². The van der Waals surface area contributed by atoms with E-state index >= 15 is 0 Å². The summed E-state index contributed by atoms with van der Waals surface area (Å²) < 4.78 is 0. The molecule has 4 rings (SSSR count). The van der Waals surface area contributed by atoms with Crippen molar-refractivity contribution in [3.63, 3.8) is 0 Å². The molecule has 1 aromatic carbocycles. The lowest BCUT2D eigenvalue weighted by Crippen LogP contribution is -2.41. The summed E-state index contributed by atoms with van der Waals surface area (Å²) >= 11 is 6.04. The van der Waals surface area contributed by atoms with Gasteiger partial charge in [0.1, 0.15) is 11.8 Å². The summed E-state index contributed by atoms with van der Waals surface area (Å²) in [4.78, 5) is 15.6. The van der Waals surface area contributed by atoms with Gasteiger partial charge in [0, 0.05) is 17.8 Å². The molecule has 1 aliphatic heterocycles. The Balaban J connectivity index is 1.66. The lowest BCUT2D eigenvalue weighted by molar-refractivity contribution is 0.174. The van der Waals surface area contributed by atoms with Crippen LogP contribution in [0.3, 0.4) is 0 Å². The molecule has 0 spiro atoms. The quantitative estimate of drug-likeness (QED) is 0.770. The van der Waals surface area contributed by atoms with Crippen LogP contribution in [0.1, 0.15) is 18.0 Å². The van der Waals surface area contributed by atoms with Crippen molar-refractivity contribution in [2.45, 2.75) is 12.5 Å². The molecular weight excluding hydrogens is 322 g/mol. The first-order valence-electron chi connectivity index (χ1n) is 8.10. The maximum atomic E-state index is 6.04. The molecule has 2 aromatic heterocycles.